The van der Waals surface area contributed by atoms with Crippen LogP contribution in [0.2, 0.25) is 0 Å². The molecule has 2 nitrogen and oxygen atoms in total. The van der Waals surface area contributed by atoms with Gasteiger partial charge in [-0.2, -0.15) is 0 Å². The van der Waals surface area contributed by atoms with E-state index in [2.05, 4.69) is 9.72 Å². The smallest absolute Gasteiger partial charge is 0.250 e. The Bertz CT molecular complexity index is 238. The van der Waals surface area contributed by atoms with E-state index in [9.17, 15) is 4.39 Å². The molecule has 12 heavy (non-hydrogen) atoms. The molecule has 0 fully saturated rings. The average molecular weight is 171 g/mol. The van der Waals surface area contributed by atoms with E-state index in [0.717, 1.165) is 0 Å². The van der Waals surface area contributed by atoms with Crippen molar-refractivity contribution in [2.75, 3.05) is 7.11 Å². The number of aryl methyl sites for hydroxylation is 1. The van der Waals surface area contributed by atoms with E-state index < -0.39 is 0 Å². The SMILES string of the molecule is CC.COc1nccc(C)c1F. The highest BCUT2D eigenvalue weighted by molar-refractivity contribution is 5.21. The molecule has 1 rings (SSSR count). The van der Waals surface area contributed by atoms with Gasteiger partial charge in [-0.25, -0.2) is 9.37 Å². The standard InChI is InChI=1S/C7H8FNO.C2H6/c1-5-3-4-9-7(10-2)6(5)8;1-2/h3-4H,1-2H3;1-2H3. The van der Waals surface area contributed by atoms with Crippen LogP contribution in [0.25, 0.3) is 0 Å². The molecule has 0 aliphatic rings. The van der Waals surface area contributed by atoms with E-state index in [0.29, 0.717) is 5.56 Å². The fourth-order valence-electron chi connectivity index (χ4n) is 0.658. The molecule has 0 N–H and O–H groups in total. The first-order chi connectivity index (χ1) is 5.75. The summed E-state index contributed by atoms with van der Waals surface area (Å²) in [4.78, 5) is 3.66. The van der Waals surface area contributed by atoms with Crippen molar-refractivity contribution in [3.05, 3.63) is 23.6 Å². The van der Waals surface area contributed by atoms with Gasteiger partial charge in [0.2, 0.25) is 5.88 Å². The maximum Gasteiger partial charge on any atom is 0.250 e. The summed E-state index contributed by atoms with van der Waals surface area (Å²) in [5.74, 6) is -0.329. The second-order valence-electron chi connectivity index (χ2n) is 1.95. The third-order valence-electron chi connectivity index (χ3n) is 1.24. The summed E-state index contributed by atoms with van der Waals surface area (Å²) in [7, 11) is 1.39. The maximum absolute atomic E-state index is 12.8. The summed E-state index contributed by atoms with van der Waals surface area (Å²) < 4.78 is 17.5. The zero-order chi connectivity index (χ0) is 9.56. The monoisotopic (exact) mass is 171 g/mol. The minimum absolute atomic E-state index is 0.0556. The molecule has 0 aromatic carbocycles. The number of methoxy groups -OCH3 is 1. The normalized spacial score (nSPS) is 8.42. The zero-order valence-corrected chi connectivity index (χ0v) is 7.89. The Labute approximate surface area is 72.4 Å². The summed E-state index contributed by atoms with van der Waals surface area (Å²) in [5, 5.41) is 0. The van der Waals surface area contributed by atoms with Crippen LogP contribution in [0, 0.1) is 12.7 Å². The van der Waals surface area contributed by atoms with E-state index in [1.165, 1.54) is 13.3 Å². The molecule has 0 spiro atoms. The quantitative estimate of drug-likeness (QED) is 0.647. The highest BCUT2D eigenvalue weighted by Gasteiger charge is 2.04. The predicted molar refractivity (Wildman–Crippen MR) is 46.8 cm³/mol. The van der Waals surface area contributed by atoms with Crippen LogP contribution in [-0.4, -0.2) is 12.1 Å². The minimum Gasteiger partial charge on any atom is -0.479 e. The second kappa shape index (κ2) is 5.52. The van der Waals surface area contributed by atoms with Crippen LogP contribution in [0.5, 0.6) is 5.88 Å². The number of nitrogens with zero attached hydrogens (tertiary/aromatic N) is 1. The maximum atomic E-state index is 12.8. The van der Waals surface area contributed by atoms with Gasteiger partial charge in [-0.3, -0.25) is 0 Å². The molecule has 0 aliphatic heterocycles. The molecule has 0 saturated heterocycles. The Morgan fingerprint density at radius 3 is 2.42 bits per heavy atom. The highest BCUT2D eigenvalue weighted by atomic mass is 19.1. The van der Waals surface area contributed by atoms with E-state index in [1.807, 2.05) is 13.8 Å². The molecule has 0 amide bonds. The topological polar surface area (TPSA) is 22.1 Å². The summed E-state index contributed by atoms with van der Waals surface area (Å²) in [6, 6.07) is 1.60. The molecule has 3 heteroatoms. The fraction of sp³-hybridized carbons (Fsp3) is 0.444. The number of hydrogen-bond donors (Lipinski definition) is 0. The first kappa shape index (κ1) is 10.9. The summed E-state index contributed by atoms with van der Waals surface area (Å²) in [5.41, 5.74) is 0.548. The summed E-state index contributed by atoms with van der Waals surface area (Å²) in [6.45, 7) is 5.67. The third-order valence-corrected chi connectivity index (χ3v) is 1.24. The van der Waals surface area contributed by atoms with Crippen LogP contribution in [0.15, 0.2) is 12.3 Å². The molecule has 0 aliphatic carbocycles. The van der Waals surface area contributed by atoms with Gasteiger partial charge in [0.1, 0.15) is 0 Å². The number of halogens is 1. The molecule has 1 aromatic heterocycles. The van der Waals surface area contributed by atoms with Crippen molar-refractivity contribution in [3.8, 4) is 5.88 Å². The molecule has 68 valence electrons. The molecule has 1 aromatic rings. The minimum atomic E-state index is -0.384. The largest absolute Gasteiger partial charge is 0.479 e. The average Bonchev–Trinajstić information content (AvgIpc) is 2.13. The van der Waals surface area contributed by atoms with Crippen molar-refractivity contribution in [1.29, 1.82) is 0 Å². The number of pyridine rings is 1. The lowest BCUT2D eigenvalue weighted by Gasteiger charge is -2.00. The van der Waals surface area contributed by atoms with Crippen LogP contribution in [0.1, 0.15) is 19.4 Å². The Hall–Kier alpha value is -1.12. The van der Waals surface area contributed by atoms with Crippen molar-refractivity contribution in [3.63, 3.8) is 0 Å². The van der Waals surface area contributed by atoms with Crippen LogP contribution in [0.4, 0.5) is 4.39 Å². The van der Waals surface area contributed by atoms with Crippen LogP contribution < -0.4 is 4.74 Å². The number of rotatable bonds is 1. The predicted octanol–water partition coefficient (Wildman–Crippen LogP) is 2.56. The van der Waals surface area contributed by atoms with Gasteiger partial charge in [0, 0.05) is 6.20 Å². The molecule has 0 radical (unpaired) electrons. The first-order valence-electron chi connectivity index (χ1n) is 3.91. The van der Waals surface area contributed by atoms with E-state index >= 15 is 0 Å². The molecule has 0 bridgehead atoms. The van der Waals surface area contributed by atoms with Crippen LogP contribution >= 0.6 is 0 Å². The van der Waals surface area contributed by atoms with E-state index in [-0.39, 0.29) is 11.7 Å². The summed E-state index contributed by atoms with van der Waals surface area (Å²) >= 11 is 0. The van der Waals surface area contributed by atoms with Gasteiger partial charge in [-0.1, -0.05) is 13.8 Å². The number of ether oxygens (including phenoxy) is 1. The van der Waals surface area contributed by atoms with Crippen molar-refractivity contribution in [2.45, 2.75) is 20.8 Å². The lowest BCUT2D eigenvalue weighted by molar-refractivity contribution is 0.367. The van der Waals surface area contributed by atoms with Gasteiger partial charge < -0.3 is 4.74 Å². The molecular weight excluding hydrogens is 157 g/mol. The molecule has 0 atom stereocenters. The second-order valence-corrected chi connectivity index (χ2v) is 1.95. The number of aromatic nitrogens is 1. The first-order valence-corrected chi connectivity index (χ1v) is 3.91. The van der Waals surface area contributed by atoms with Crippen molar-refractivity contribution in [2.24, 2.45) is 0 Å². The Morgan fingerprint density at radius 2 is 2.00 bits per heavy atom. The molecule has 0 unspecified atom stereocenters. The number of hydrogen-bond acceptors (Lipinski definition) is 2. The van der Waals surface area contributed by atoms with Gasteiger partial charge in [0.15, 0.2) is 5.82 Å². The van der Waals surface area contributed by atoms with Crippen molar-refractivity contribution < 1.29 is 9.13 Å². The van der Waals surface area contributed by atoms with Crippen LogP contribution in [-0.2, 0) is 0 Å². The van der Waals surface area contributed by atoms with E-state index in [4.69, 9.17) is 0 Å². The van der Waals surface area contributed by atoms with Gasteiger partial charge >= 0.3 is 0 Å². The summed E-state index contributed by atoms with van der Waals surface area (Å²) in [6.07, 6.45) is 1.51. The Kier molecular flexibility index (Phi) is 5.00. The third kappa shape index (κ3) is 2.49. The van der Waals surface area contributed by atoms with E-state index in [1.54, 1.807) is 13.0 Å². The Morgan fingerprint density at radius 1 is 1.42 bits per heavy atom. The van der Waals surface area contributed by atoms with Gasteiger partial charge in [-0.15, -0.1) is 0 Å². The zero-order valence-electron chi connectivity index (χ0n) is 7.89. The lowest BCUT2D eigenvalue weighted by atomic mass is 10.3. The van der Waals surface area contributed by atoms with Gasteiger partial charge in [0.25, 0.3) is 0 Å². The molecular formula is C9H14FNO. The fourth-order valence-corrected chi connectivity index (χ4v) is 0.658. The van der Waals surface area contributed by atoms with Gasteiger partial charge in [-0.05, 0) is 18.6 Å². The van der Waals surface area contributed by atoms with Crippen molar-refractivity contribution in [1.82, 2.24) is 4.98 Å². The van der Waals surface area contributed by atoms with Crippen molar-refractivity contribution >= 4 is 0 Å². The Balaban J connectivity index is 0.000000561. The van der Waals surface area contributed by atoms with Crippen LogP contribution in [0.3, 0.4) is 0 Å². The van der Waals surface area contributed by atoms with Gasteiger partial charge in [0.05, 0.1) is 7.11 Å². The highest BCUT2D eigenvalue weighted by Crippen LogP contribution is 2.14. The lowest BCUT2D eigenvalue weighted by Crippen LogP contribution is -1.93. The molecule has 1 heterocycles. The molecule has 0 saturated carbocycles.